The SMILES string of the molecule is CCCCCCCCCC/C=C\CCCCCCCCCCCCCCCCCCCCCCCC(=O)OCC(COC(=O)CCCCCCCCCCCCC)OC(=O)CCCCCCCCCCCCCC. The van der Waals surface area contributed by atoms with Crippen LogP contribution in [-0.2, 0) is 28.6 Å². The van der Waals surface area contributed by atoms with Crippen LogP contribution in [0.25, 0.3) is 0 Å². The summed E-state index contributed by atoms with van der Waals surface area (Å²) in [5.41, 5.74) is 0. The van der Waals surface area contributed by atoms with Gasteiger partial charge in [-0.1, -0.05) is 335 Å². The summed E-state index contributed by atoms with van der Waals surface area (Å²) in [4.78, 5) is 38.1. The molecule has 0 radical (unpaired) electrons. The van der Waals surface area contributed by atoms with Gasteiger partial charge in [0.2, 0.25) is 0 Å². The lowest BCUT2D eigenvalue weighted by Crippen LogP contribution is -2.30. The minimum Gasteiger partial charge on any atom is -0.462 e. The van der Waals surface area contributed by atoms with E-state index < -0.39 is 6.10 Å². The Hall–Kier alpha value is -1.85. The highest BCUT2D eigenvalue weighted by Crippen LogP contribution is 2.18. The van der Waals surface area contributed by atoms with Crippen LogP contribution in [0.5, 0.6) is 0 Å². The molecule has 6 nitrogen and oxygen atoms in total. The highest BCUT2D eigenvalue weighted by atomic mass is 16.6. The smallest absolute Gasteiger partial charge is 0.306 e. The van der Waals surface area contributed by atoms with Crippen LogP contribution in [0.4, 0.5) is 0 Å². The molecule has 0 bridgehead atoms. The molecule has 74 heavy (non-hydrogen) atoms. The van der Waals surface area contributed by atoms with E-state index in [1.54, 1.807) is 0 Å². The van der Waals surface area contributed by atoms with Gasteiger partial charge in [-0.25, -0.2) is 0 Å². The normalized spacial score (nSPS) is 12.0. The molecule has 1 unspecified atom stereocenters. The monoisotopic (exact) mass is 1040 g/mol. The summed E-state index contributed by atoms with van der Waals surface area (Å²) >= 11 is 0. The first-order valence-electron chi connectivity index (χ1n) is 33.7. The molecular weight excluding hydrogens is 913 g/mol. The van der Waals surface area contributed by atoms with Gasteiger partial charge in [-0.15, -0.1) is 0 Å². The van der Waals surface area contributed by atoms with Crippen molar-refractivity contribution in [3.63, 3.8) is 0 Å². The summed E-state index contributed by atoms with van der Waals surface area (Å²) in [6, 6.07) is 0. The minimum absolute atomic E-state index is 0.0624. The molecule has 438 valence electrons. The Morgan fingerprint density at radius 3 is 0.676 bits per heavy atom. The third-order valence-electron chi connectivity index (χ3n) is 15.5. The van der Waals surface area contributed by atoms with E-state index in [1.807, 2.05) is 0 Å². The Labute approximate surface area is 462 Å². The Morgan fingerprint density at radius 1 is 0.257 bits per heavy atom. The van der Waals surface area contributed by atoms with Crippen molar-refractivity contribution >= 4 is 17.9 Å². The summed E-state index contributed by atoms with van der Waals surface area (Å²) in [5.74, 6) is -0.835. The predicted molar refractivity (Wildman–Crippen MR) is 321 cm³/mol. The molecule has 0 saturated carbocycles. The number of hydrogen-bond acceptors (Lipinski definition) is 6. The van der Waals surface area contributed by atoms with Crippen molar-refractivity contribution < 1.29 is 28.6 Å². The minimum atomic E-state index is -0.762. The molecule has 0 spiro atoms. The standard InChI is InChI=1S/C68H130O6/c1-4-7-10-13-16-19-22-24-25-26-27-28-29-30-31-32-33-34-35-36-37-38-39-40-41-42-43-44-47-49-52-55-58-61-67(70)73-64-65(63-72-66(69)60-57-54-51-48-45-21-18-15-12-9-6-3)74-68(71)62-59-56-53-50-46-23-20-17-14-11-8-5-2/h26-27,65H,4-25,28-64H2,1-3H3/b27-26-. The fourth-order valence-electron chi connectivity index (χ4n) is 10.4. The number of esters is 3. The number of allylic oxidation sites excluding steroid dienone is 2. The van der Waals surface area contributed by atoms with Gasteiger partial charge < -0.3 is 14.2 Å². The molecule has 0 aliphatic rings. The molecule has 0 N–H and O–H groups in total. The molecule has 1 atom stereocenters. The van der Waals surface area contributed by atoms with Crippen molar-refractivity contribution in [3.8, 4) is 0 Å². The van der Waals surface area contributed by atoms with E-state index in [-0.39, 0.29) is 31.1 Å². The Kier molecular flexibility index (Phi) is 62.1. The van der Waals surface area contributed by atoms with Crippen LogP contribution >= 0.6 is 0 Å². The quantitative estimate of drug-likeness (QED) is 0.0261. The Morgan fingerprint density at radius 2 is 0.446 bits per heavy atom. The van der Waals surface area contributed by atoms with E-state index in [2.05, 4.69) is 32.9 Å². The maximum atomic E-state index is 12.8. The molecule has 0 aliphatic carbocycles. The van der Waals surface area contributed by atoms with Crippen LogP contribution in [0, 0.1) is 0 Å². The van der Waals surface area contributed by atoms with Gasteiger partial charge in [0.05, 0.1) is 0 Å². The summed E-state index contributed by atoms with van der Waals surface area (Å²) in [6.45, 7) is 6.69. The fraction of sp³-hybridized carbons (Fsp3) is 0.926. The number of unbranched alkanes of at least 4 members (excludes halogenated alkanes) is 50. The summed E-state index contributed by atoms with van der Waals surface area (Å²) in [7, 11) is 0. The fourth-order valence-corrected chi connectivity index (χ4v) is 10.4. The summed E-state index contributed by atoms with van der Waals surface area (Å²) in [5, 5.41) is 0. The zero-order chi connectivity index (χ0) is 53.6. The number of carbonyl (C=O) groups excluding carboxylic acids is 3. The van der Waals surface area contributed by atoms with Crippen LogP contribution in [0.15, 0.2) is 12.2 Å². The summed E-state index contributed by atoms with van der Waals surface area (Å²) < 4.78 is 16.9. The van der Waals surface area contributed by atoms with Gasteiger partial charge in [-0.3, -0.25) is 14.4 Å². The van der Waals surface area contributed by atoms with E-state index in [9.17, 15) is 14.4 Å². The second-order valence-electron chi connectivity index (χ2n) is 23.1. The molecule has 0 saturated heterocycles. The molecule has 0 heterocycles. The van der Waals surface area contributed by atoms with Gasteiger partial charge in [0, 0.05) is 19.3 Å². The first-order chi connectivity index (χ1) is 36.5. The van der Waals surface area contributed by atoms with Crippen molar-refractivity contribution in [2.24, 2.45) is 0 Å². The highest BCUT2D eigenvalue weighted by molar-refractivity contribution is 5.71. The van der Waals surface area contributed by atoms with Gasteiger partial charge in [0.25, 0.3) is 0 Å². The van der Waals surface area contributed by atoms with E-state index in [4.69, 9.17) is 14.2 Å². The lowest BCUT2D eigenvalue weighted by molar-refractivity contribution is -0.167. The van der Waals surface area contributed by atoms with Crippen molar-refractivity contribution in [3.05, 3.63) is 12.2 Å². The molecule has 0 aromatic heterocycles. The van der Waals surface area contributed by atoms with Gasteiger partial charge >= 0.3 is 17.9 Å². The second-order valence-corrected chi connectivity index (χ2v) is 23.1. The largest absolute Gasteiger partial charge is 0.462 e. The van der Waals surface area contributed by atoms with Gasteiger partial charge in [-0.05, 0) is 44.9 Å². The zero-order valence-corrected chi connectivity index (χ0v) is 50.4. The Bertz CT molecular complexity index is 1150. The van der Waals surface area contributed by atoms with Crippen molar-refractivity contribution in [2.75, 3.05) is 13.2 Å². The molecule has 0 fully saturated rings. The van der Waals surface area contributed by atoms with Crippen molar-refractivity contribution in [1.82, 2.24) is 0 Å². The average Bonchev–Trinajstić information content (AvgIpc) is 3.40. The third kappa shape index (κ3) is 61.0. The topological polar surface area (TPSA) is 78.9 Å². The van der Waals surface area contributed by atoms with Crippen LogP contribution < -0.4 is 0 Å². The number of ether oxygens (including phenoxy) is 3. The maximum absolute atomic E-state index is 12.8. The van der Waals surface area contributed by atoms with Crippen LogP contribution in [0.3, 0.4) is 0 Å². The molecule has 6 heteroatoms. The Balaban J connectivity index is 3.97. The van der Waals surface area contributed by atoms with E-state index in [1.165, 1.54) is 289 Å². The third-order valence-corrected chi connectivity index (χ3v) is 15.5. The molecule has 0 aromatic rings. The second kappa shape index (κ2) is 63.7. The average molecular weight is 1040 g/mol. The number of rotatable bonds is 63. The maximum Gasteiger partial charge on any atom is 0.306 e. The molecular formula is C68H130O6. The molecule has 0 amide bonds. The molecule has 0 aliphatic heterocycles. The van der Waals surface area contributed by atoms with E-state index in [0.29, 0.717) is 19.3 Å². The first-order valence-corrected chi connectivity index (χ1v) is 33.7. The van der Waals surface area contributed by atoms with Crippen LogP contribution in [-0.4, -0.2) is 37.2 Å². The zero-order valence-electron chi connectivity index (χ0n) is 50.4. The summed E-state index contributed by atoms with van der Waals surface area (Å²) in [6.07, 6.45) is 75.4. The van der Waals surface area contributed by atoms with E-state index in [0.717, 1.165) is 57.8 Å². The van der Waals surface area contributed by atoms with Crippen LogP contribution in [0.1, 0.15) is 387 Å². The first kappa shape index (κ1) is 72.2. The molecule has 0 aromatic carbocycles. The molecule has 0 rings (SSSR count). The van der Waals surface area contributed by atoms with Gasteiger partial charge in [0.1, 0.15) is 13.2 Å². The van der Waals surface area contributed by atoms with E-state index >= 15 is 0 Å². The van der Waals surface area contributed by atoms with Gasteiger partial charge in [-0.2, -0.15) is 0 Å². The van der Waals surface area contributed by atoms with Crippen molar-refractivity contribution in [1.29, 1.82) is 0 Å². The van der Waals surface area contributed by atoms with Crippen molar-refractivity contribution in [2.45, 2.75) is 393 Å². The highest BCUT2D eigenvalue weighted by Gasteiger charge is 2.19. The van der Waals surface area contributed by atoms with Crippen LogP contribution in [0.2, 0.25) is 0 Å². The number of hydrogen-bond donors (Lipinski definition) is 0. The van der Waals surface area contributed by atoms with Gasteiger partial charge in [0.15, 0.2) is 6.10 Å². The predicted octanol–water partition coefficient (Wildman–Crippen LogP) is 22.8. The lowest BCUT2D eigenvalue weighted by atomic mass is 10.0. The number of carbonyl (C=O) groups is 3. The lowest BCUT2D eigenvalue weighted by Gasteiger charge is -2.18.